The molecular weight excluding hydrogens is 336 g/mol. The molecule has 1 unspecified atom stereocenters. The second kappa shape index (κ2) is 7.85. The van der Waals surface area contributed by atoms with E-state index in [1.165, 1.54) is 24.0 Å². The van der Waals surface area contributed by atoms with E-state index in [0.717, 1.165) is 51.3 Å². The smallest absolute Gasteiger partial charge is 0.222 e. The van der Waals surface area contributed by atoms with E-state index in [9.17, 15) is 4.79 Å². The molecule has 2 fully saturated rings. The number of benzene rings is 1. The van der Waals surface area contributed by atoms with Crippen molar-refractivity contribution in [3.05, 3.63) is 53.6 Å². The Morgan fingerprint density at radius 1 is 1.19 bits per heavy atom. The van der Waals surface area contributed by atoms with Crippen molar-refractivity contribution in [2.24, 2.45) is 5.41 Å². The number of aromatic nitrogens is 2. The number of carbonyl (C=O) groups is 1. The van der Waals surface area contributed by atoms with Gasteiger partial charge in [0.05, 0.1) is 6.33 Å². The molecule has 1 aromatic carbocycles. The minimum absolute atomic E-state index is 0.269. The molecular formula is C22H30N4O. The van der Waals surface area contributed by atoms with Crippen molar-refractivity contribution in [2.75, 3.05) is 26.2 Å². The summed E-state index contributed by atoms with van der Waals surface area (Å²) in [5.41, 5.74) is 4.07. The van der Waals surface area contributed by atoms with Crippen molar-refractivity contribution in [1.29, 1.82) is 0 Å². The second-order valence-corrected chi connectivity index (χ2v) is 8.44. The van der Waals surface area contributed by atoms with Crippen LogP contribution < -0.4 is 0 Å². The summed E-state index contributed by atoms with van der Waals surface area (Å²) in [4.78, 5) is 24.4. The van der Waals surface area contributed by atoms with Gasteiger partial charge in [-0.05, 0) is 38.3 Å². The van der Waals surface area contributed by atoms with Gasteiger partial charge in [0.15, 0.2) is 0 Å². The lowest BCUT2D eigenvalue weighted by atomic mass is 9.73. The van der Waals surface area contributed by atoms with Crippen LogP contribution in [-0.2, 0) is 17.8 Å². The van der Waals surface area contributed by atoms with Crippen molar-refractivity contribution in [3.63, 3.8) is 0 Å². The number of nitrogens with one attached hydrogen (secondary N) is 1. The zero-order chi connectivity index (χ0) is 18.7. The van der Waals surface area contributed by atoms with Gasteiger partial charge in [0.25, 0.3) is 0 Å². The number of likely N-dealkylation sites (tertiary alicyclic amines) is 2. The first-order valence-electron chi connectivity index (χ1n) is 10.1. The molecule has 0 saturated carbocycles. The number of amides is 1. The maximum absolute atomic E-state index is 12.5. The van der Waals surface area contributed by atoms with Crippen LogP contribution in [0, 0.1) is 12.3 Å². The third-order valence-corrected chi connectivity index (χ3v) is 6.22. The van der Waals surface area contributed by atoms with Crippen LogP contribution in [0.15, 0.2) is 36.8 Å². The fraction of sp³-hybridized carbons (Fsp3) is 0.545. The standard InChI is InChI=1S/C22H30N4O/c1-18-3-5-19(6-4-18)14-25-11-2-9-22(15-25)10-7-21(27)26(16-22)12-8-20-13-23-17-24-20/h3-6,13,17H,2,7-12,14-16H2,1H3,(H,23,24). The predicted octanol–water partition coefficient (Wildman–Crippen LogP) is 3.17. The van der Waals surface area contributed by atoms with Crippen molar-refractivity contribution in [3.8, 4) is 0 Å². The number of rotatable bonds is 5. The van der Waals surface area contributed by atoms with E-state index in [-0.39, 0.29) is 5.41 Å². The quantitative estimate of drug-likeness (QED) is 0.884. The van der Waals surface area contributed by atoms with Gasteiger partial charge in [-0.2, -0.15) is 0 Å². The van der Waals surface area contributed by atoms with Crippen LogP contribution in [-0.4, -0.2) is 51.9 Å². The van der Waals surface area contributed by atoms with Gasteiger partial charge in [0, 0.05) is 56.3 Å². The van der Waals surface area contributed by atoms with Gasteiger partial charge in [-0.15, -0.1) is 0 Å². The number of aromatic amines is 1. The third kappa shape index (κ3) is 4.41. The van der Waals surface area contributed by atoms with Crippen LogP contribution in [0.25, 0.3) is 0 Å². The summed E-state index contributed by atoms with van der Waals surface area (Å²) in [7, 11) is 0. The summed E-state index contributed by atoms with van der Waals surface area (Å²) in [5.74, 6) is 0.316. The van der Waals surface area contributed by atoms with Gasteiger partial charge >= 0.3 is 0 Å². The molecule has 4 rings (SSSR count). The molecule has 5 nitrogen and oxygen atoms in total. The molecule has 1 aromatic heterocycles. The van der Waals surface area contributed by atoms with Gasteiger partial charge in [0.2, 0.25) is 5.91 Å². The highest BCUT2D eigenvalue weighted by atomic mass is 16.2. The SMILES string of the molecule is Cc1ccc(CN2CCCC3(CCC(=O)N(CCc4cnc[nH]4)C3)C2)cc1. The Kier molecular flexibility index (Phi) is 5.30. The largest absolute Gasteiger partial charge is 0.348 e. The summed E-state index contributed by atoms with van der Waals surface area (Å²) < 4.78 is 0. The first-order valence-corrected chi connectivity index (χ1v) is 10.1. The normalized spacial score (nSPS) is 23.9. The Hall–Kier alpha value is -2.14. The Morgan fingerprint density at radius 3 is 2.81 bits per heavy atom. The van der Waals surface area contributed by atoms with Crippen LogP contribution in [0.2, 0.25) is 0 Å². The Bertz CT molecular complexity index is 755. The van der Waals surface area contributed by atoms with Crippen LogP contribution in [0.1, 0.15) is 42.5 Å². The summed E-state index contributed by atoms with van der Waals surface area (Å²) in [5, 5.41) is 0. The van der Waals surface area contributed by atoms with Crippen LogP contribution in [0.5, 0.6) is 0 Å². The number of hydrogen-bond donors (Lipinski definition) is 1. The zero-order valence-electron chi connectivity index (χ0n) is 16.3. The number of nitrogens with zero attached hydrogens (tertiary/aromatic N) is 3. The molecule has 3 heterocycles. The highest BCUT2D eigenvalue weighted by molar-refractivity contribution is 5.77. The molecule has 1 atom stereocenters. The molecule has 0 radical (unpaired) electrons. The van der Waals surface area contributed by atoms with Gasteiger partial charge in [-0.3, -0.25) is 9.69 Å². The fourth-order valence-electron chi connectivity index (χ4n) is 4.71. The Labute approximate surface area is 161 Å². The second-order valence-electron chi connectivity index (χ2n) is 8.44. The molecule has 2 saturated heterocycles. The lowest BCUT2D eigenvalue weighted by molar-refractivity contribution is -0.139. The summed E-state index contributed by atoms with van der Waals surface area (Å²) in [6.45, 7) is 7.12. The maximum Gasteiger partial charge on any atom is 0.222 e. The van der Waals surface area contributed by atoms with Crippen LogP contribution in [0.4, 0.5) is 0 Å². The molecule has 0 aliphatic carbocycles. The average molecular weight is 367 g/mol. The molecule has 1 spiro atoms. The number of piperidine rings is 2. The average Bonchev–Trinajstić information content (AvgIpc) is 3.19. The molecule has 27 heavy (non-hydrogen) atoms. The first kappa shape index (κ1) is 18.2. The molecule has 2 aliphatic heterocycles. The Balaban J connectivity index is 1.38. The molecule has 1 N–H and O–H groups in total. The van der Waals surface area contributed by atoms with Crippen molar-refractivity contribution < 1.29 is 4.79 Å². The van der Waals surface area contributed by atoms with Crippen LogP contribution in [0.3, 0.4) is 0 Å². The number of aryl methyl sites for hydroxylation is 1. The molecule has 5 heteroatoms. The van der Waals surface area contributed by atoms with Crippen molar-refractivity contribution >= 4 is 5.91 Å². The number of hydrogen-bond acceptors (Lipinski definition) is 3. The lowest BCUT2D eigenvalue weighted by Gasteiger charge is -2.48. The zero-order valence-corrected chi connectivity index (χ0v) is 16.3. The van der Waals surface area contributed by atoms with Gasteiger partial charge in [-0.1, -0.05) is 29.8 Å². The van der Waals surface area contributed by atoms with E-state index in [4.69, 9.17) is 0 Å². The Morgan fingerprint density at radius 2 is 2.04 bits per heavy atom. The van der Waals surface area contributed by atoms with E-state index in [1.807, 2.05) is 6.20 Å². The minimum Gasteiger partial charge on any atom is -0.348 e. The number of imidazole rings is 1. The lowest BCUT2D eigenvalue weighted by Crippen LogP contribution is -2.54. The van der Waals surface area contributed by atoms with Gasteiger partial charge in [0.1, 0.15) is 0 Å². The molecule has 144 valence electrons. The van der Waals surface area contributed by atoms with E-state index in [2.05, 4.69) is 51.0 Å². The number of carbonyl (C=O) groups excluding carboxylic acids is 1. The predicted molar refractivity (Wildman–Crippen MR) is 106 cm³/mol. The summed E-state index contributed by atoms with van der Waals surface area (Å²) in [6.07, 6.45) is 8.62. The highest BCUT2D eigenvalue weighted by Crippen LogP contribution is 2.39. The maximum atomic E-state index is 12.5. The van der Waals surface area contributed by atoms with Gasteiger partial charge in [-0.25, -0.2) is 4.98 Å². The molecule has 2 aromatic rings. The van der Waals surface area contributed by atoms with Crippen molar-refractivity contribution in [2.45, 2.75) is 45.6 Å². The summed E-state index contributed by atoms with van der Waals surface area (Å²) in [6, 6.07) is 8.90. The third-order valence-electron chi connectivity index (χ3n) is 6.22. The fourth-order valence-corrected chi connectivity index (χ4v) is 4.71. The molecule has 1 amide bonds. The first-order chi connectivity index (χ1) is 13.1. The minimum atomic E-state index is 0.269. The van der Waals surface area contributed by atoms with Gasteiger partial charge < -0.3 is 9.88 Å². The number of H-pyrrole nitrogens is 1. The van der Waals surface area contributed by atoms with Crippen LogP contribution >= 0.6 is 0 Å². The van der Waals surface area contributed by atoms with E-state index in [0.29, 0.717) is 12.3 Å². The van der Waals surface area contributed by atoms with E-state index in [1.54, 1.807) is 6.33 Å². The molecule has 0 bridgehead atoms. The monoisotopic (exact) mass is 366 g/mol. The summed E-state index contributed by atoms with van der Waals surface area (Å²) >= 11 is 0. The van der Waals surface area contributed by atoms with E-state index >= 15 is 0 Å². The molecule has 2 aliphatic rings. The van der Waals surface area contributed by atoms with E-state index < -0.39 is 0 Å². The topological polar surface area (TPSA) is 52.2 Å². The highest BCUT2D eigenvalue weighted by Gasteiger charge is 2.41. The van der Waals surface area contributed by atoms with Crippen molar-refractivity contribution in [1.82, 2.24) is 19.8 Å².